The van der Waals surface area contributed by atoms with Gasteiger partial charge >= 0.3 is 0 Å². The minimum absolute atomic E-state index is 0.211. The first-order valence-electron chi connectivity index (χ1n) is 14.8. The lowest BCUT2D eigenvalue weighted by Gasteiger charge is -2.34. The Labute approximate surface area is 237 Å². The summed E-state index contributed by atoms with van der Waals surface area (Å²) < 4.78 is 1.53. The number of benzene rings is 1. The van der Waals surface area contributed by atoms with E-state index in [-0.39, 0.29) is 5.31 Å². The molecule has 3 rings (SSSR count). The van der Waals surface area contributed by atoms with Gasteiger partial charge in [0.25, 0.3) is 0 Å². The molecular weight excluding hydrogens is 483 g/mol. The summed E-state index contributed by atoms with van der Waals surface area (Å²) in [6, 6.07) is 14.5. The van der Waals surface area contributed by atoms with Crippen LogP contribution in [-0.4, -0.2) is 6.71 Å². The Morgan fingerprint density at radius 2 is 1.32 bits per heavy atom. The Hall–Kier alpha value is -1.32. The summed E-state index contributed by atoms with van der Waals surface area (Å²) in [4.78, 5) is 4.44. The quantitative estimate of drug-likeness (QED) is 0.143. The molecule has 0 spiro atoms. The third kappa shape index (κ3) is 7.21. The highest BCUT2D eigenvalue weighted by Gasteiger charge is 2.38. The van der Waals surface area contributed by atoms with Crippen LogP contribution in [0.1, 0.15) is 121 Å². The molecule has 0 aliphatic heterocycles. The lowest BCUT2D eigenvalue weighted by Crippen LogP contribution is -2.51. The van der Waals surface area contributed by atoms with Crippen molar-refractivity contribution in [1.29, 1.82) is 0 Å². The standard InChI is InChI=1S/C34H51BS2/c1-10-13-15-16-21-33(7,8)35(32-26(5)23-25(4)24-27(32)6)31-20-18-29(37-31)28-17-19-30(36-28)34(9,12-3)22-14-11-2/h17-20,23-24H,10-16,21-22H2,1-9H3. The molecule has 1 unspecified atom stereocenters. The van der Waals surface area contributed by atoms with Gasteiger partial charge in [-0.25, -0.2) is 0 Å². The fraction of sp³-hybridized carbons (Fsp3) is 0.588. The van der Waals surface area contributed by atoms with E-state index in [1.165, 1.54) is 89.0 Å². The summed E-state index contributed by atoms with van der Waals surface area (Å²) in [7, 11) is 0. The molecule has 37 heavy (non-hydrogen) atoms. The Morgan fingerprint density at radius 1 is 0.703 bits per heavy atom. The average molecular weight is 535 g/mol. The Morgan fingerprint density at radius 3 is 1.95 bits per heavy atom. The Balaban J connectivity index is 2.00. The first kappa shape index (κ1) is 30.2. The largest absolute Gasteiger partial charge is 0.228 e. The van der Waals surface area contributed by atoms with Crippen LogP contribution < -0.4 is 10.2 Å². The van der Waals surface area contributed by atoms with Crippen LogP contribution in [0, 0.1) is 20.8 Å². The summed E-state index contributed by atoms with van der Waals surface area (Å²) in [5.41, 5.74) is 6.14. The van der Waals surface area contributed by atoms with E-state index in [1.54, 1.807) is 10.3 Å². The third-order valence-electron chi connectivity index (χ3n) is 8.70. The topological polar surface area (TPSA) is 0 Å². The molecule has 0 fully saturated rings. The van der Waals surface area contributed by atoms with Crippen LogP contribution in [0.3, 0.4) is 0 Å². The summed E-state index contributed by atoms with van der Waals surface area (Å²) in [5, 5.41) is 0.211. The van der Waals surface area contributed by atoms with E-state index in [0.717, 1.165) is 0 Å². The van der Waals surface area contributed by atoms with Gasteiger partial charge in [0.05, 0.1) is 0 Å². The van der Waals surface area contributed by atoms with Gasteiger partial charge in [-0.15, -0.1) is 22.7 Å². The van der Waals surface area contributed by atoms with E-state index in [0.29, 0.717) is 12.1 Å². The van der Waals surface area contributed by atoms with Crippen LogP contribution in [0.4, 0.5) is 0 Å². The molecule has 0 bridgehead atoms. The smallest absolute Gasteiger partial charge is 0.149 e. The van der Waals surface area contributed by atoms with E-state index in [4.69, 9.17) is 0 Å². The van der Waals surface area contributed by atoms with Gasteiger partial charge in [-0.05, 0) is 61.9 Å². The van der Waals surface area contributed by atoms with E-state index in [1.807, 2.05) is 22.7 Å². The maximum atomic E-state index is 2.52. The highest BCUT2D eigenvalue weighted by molar-refractivity contribution is 7.30. The molecule has 202 valence electrons. The minimum atomic E-state index is 0.211. The number of rotatable bonds is 14. The van der Waals surface area contributed by atoms with Gasteiger partial charge in [0.1, 0.15) is 0 Å². The molecule has 2 heterocycles. The minimum Gasteiger partial charge on any atom is -0.149 e. The van der Waals surface area contributed by atoms with Crippen LogP contribution in [0.25, 0.3) is 9.75 Å². The molecule has 2 aromatic heterocycles. The Bertz CT molecular complexity index is 1110. The molecule has 0 aliphatic rings. The van der Waals surface area contributed by atoms with Crippen molar-refractivity contribution in [3.8, 4) is 9.75 Å². The van der Waals surface area contributed by atoms with E-state index in [9.17, 15) is 0 Å². The molecule has 0 saturated carbocycles. The van der Waals surface area contributed by atoms with Crippen LogP contribution in [-0.2, 0) is 5.41 Å². The van der Waals surface area contributed by atoms with Gasteiger partial charge in [-0.1, -0.05) is 127 Å². The first-order chi connectivity index (χ1) is 17.6. The molecule has 0 amide bonds. The zero-order chi connectivity index (χ0) is 27.2. The zero-order valence-electron chi connectivity index (χ0n) is 25.2. The number of aryl methyl sites for hydroxylation is 3. The lowest BCUT2D eigenvalue weighted by atomic mass is 9.28. The average Bonchev–Trinajstić information content (AvgIpc) is 3.52. The van der Waals surface area contributed by atoms with Gasteiger partial charge in [-0.2, -0.15) is 0 Å². The fourth-order valence-corrected chi connectivity index (χ4v) is 8.86. The van der Waals surface area contributed by atoms with Crippen molar-refractivity contribution in [2.75, 3.05) is 0 Å². The molecule has 0 radical (unpaired) electrons. The third-order valence-corrected chi connectivity index (χ3v) is 11.4. The molecular formula is C34H51BS2. The molecule has 0 aliphatic carbocycles. The zero-order valence-corrected chi connectivity index (χ0v) is 26.9. The van der Waals surface area contributed by atoms with Crippen molar-refractivity contribution in [2.45, 2.75) is 131 Å². The maximum Gasteiger partial charge on any atom is 0.228 e. The van der Waals surface area contributed by atoms with Crippen LogP contribution in [0.15, 0.2) is 36.4 Å². The van der Waals surface area contributed by atoms with E-state index >= 15 is 0 Å². The van der Waals surface area contributed by atoms with E-state index in [2.05, 4.69) is 98.7 Å². The van der Waals surface area contributed by atoms with Crippen LogP contribution in [0.2, 0.25) is 5.31 Å². The highest BCUT2D eigenvalue weighted by atomic mass is 32.1. The van der Waals surface area contributed by atoms with Crippen molar-refractivity contribution >= 4 is 39.6 Å². The van der Waals surface area contributed by atoms with Crippen molar-refractivity contribution in [3.05, 3.63) is 58.0 Å². The number of hydrogen-bond acceptors (Lipinski definition) is 2. The molecule has 1 aromatic carbocycles. The second kappa shape index (κ2) is 13.2. The second-order valence-corrected chi connectivity index (χ2v) is 14.6. The summed E-state index contributed by atoms with van der Waals surface area (Å²) in [5.74, 6) is 0. The number of thiophene rings is 2. The van der Waals surface area contributed by atoms with Crippen molar-refractivity contribution < 1.29 is 0 Å². The maximum absolute atomic E-state index is 2.52. The first-order valence-corrected chi connectivity index (χ1v) is 16.5. The molecule has 3 aromatic rings. The van der Waals surface area contributed by atoms with Gasteiger partial charge in [0, 0.05) is 20.0 Å². The lowest BCUT2D eigenvalue weighted by molar-refractivity contribution is 0.411. The number of hydrogen-bond donors (Lipinski definition) is 0. The summed E-state index contributed by atoms with van der Waals surface area (Å²) >= 11 is 4.08. The fourth-order valence-electron chi connectivity index (χ4n) is 6.19. The SMILES string of the molecule is CCCCCCC(C)(C)B(c1ccc(-c2ccc(C(C)(CC)CCCC)s2)s1)c1c(C)cc(C)cc1C. The molecule has 0 nitrogen and oxygen atoms in total. The van der Waals surface area contributed by atoms with E-state index < -0.39 is 0 Å². The van der Waals surface area contributed by atoms with Gasteiger partial charge < -0.3 is 0 Å². The van der Waals surface area contributed by atoms with Crippen molar-refractivity contribution in [3.63, 3.8) is 0 Å². The van der Waals surface area contributed by atoms with Crippen LogP contribution >= 0.6 is 22.7 Å². The molecule has 1 atom stereocenters. The molecule has 0 N–H and O–H groups in total. The van der Waals surface area contributed by atoms with Gasteiger partial charge in [0.15, 0.2) is 0 Å². The van der Waals surface area contributed by atoms with Crippen molar-refractivity contribution in [1.82, 2.24) is 0 Å². The Kier molecular flexibility index (Phi) is 10.8. The number of unbranched alkanes of at least 4 members (excludes halogenated alkanes) is 4. The van der Waals surface area contributed by atoms with Crippen LogP contribution in [0.5, 0.6) is 0 Å². The molecule has 0 saturated heterocycles. The van der Waals surface area contributed by atoms with Gasteiger partial charge in [-0.3, -0.25) is 0 Å². The predicted molar refractivity (Wildman–Crippen MR) is 173 cm³/mol. The summed E-state index contributed by atoms with van der Waals surface area (Å²) in [6.07, 6.45) is 11.7. The normalized spacial score (nSPS) is 13.6. The second-order valence-electron chi connectivity index (χ2n) is 12.4. The monoisotopic (exact) mass is 534 g/mol. The highest BCUT2D eigenvalue weighted by Crippen LogP contribution is 2.42. The van der Waals surface area contributed by atoms with Gasteiger partial charge in [0.2, 0.25) is 6.71 Å². The van der Waals surface area contributed by atoms with Crippen molar-refractivity contribution in [2.24, 2.45) is 0 Å². The predicted octanol–water partition coefficient (Wildman–Crippen LogP) is 10.6. The summed E-state index contributed by atoms with van der Waals surface area (Å²) in [6.45, 7) is 21.8. The molecule has 3 heteroatoms.